The zero-order chi connectivity index (χ0) is 14.7. The van der Waals surface area contributed by atoms with E-state index in [-0.39, 0.29) is 0 Å². The average molecular weight is 314 g/mol. The van der Waals surface area contributed by atoms with Gasteiger partial charge in [0, 0.05) is 23.7 Å². The molecule has 3 N–H and O–H groups in total. The second kappa shape index (κ2) is 6.15. The first kappa shape index (κ1) is 13.9. The lowest BCUT2D eigenvalue weighted by Gasteiger charge is -2.11. The van der Waals surface area contributed by atoms with Gasteiger partial charge in [-0.25, -0.2) is 9.97 Å². The molecule has 0 aliphatic rings. The number of para-hydroxylation sites is 1. The van der Waals surface area contributed by atoms with Crippen LogP contribution in [0.2, 0.25) is 0 Å². The number of nitrogens with two attached hydrogens (primary N) is 1. The summed E-state index contributed by atoms with van der Waals surface area (Å²) in [7, 11) is 0. The summed E-state index contributed by atoms with van der Waals surface area (Å²) < 4.78 is 0. The van der Waals surface area contributed by atoms with E-state index >= 15 is 0 Å². The number of nitrogens with zero attached hydrogens (tertiary/aromatic N) is 2. The number of benzene rings is 1. The molecule has 3 rings (SSSR count). The summed E-state index contributed by atoms with van der Waals surface area (Å²) >= 11 is 6.73. The minimum atomic E-state index is 0.351. The van der Waals surface area contributed by atoms with Gasteiger partial charge in [-0.2, -0.15) is 0 Å². The van der Waals surface area contributed by atoms with Crippen LogP contribution in [0.1, 0.15) is 11.3 Å². The molecule has 3 aromatic rings. The number of thiazole rings is 1. The fourth-order valence-corrected chi connectivity index (χ4v) is 2.86. The highest BCUT2D eigenvalue weighted by atomic mass is 32.1. The van der Waals surface area contributed by atoms with E-state index in [1.54, 1.807) is 11.3 Å². The molecule has 2 heterocycles. The number of anilines is 1. The maximum absolute atomic E-state index is 5.81. The van der Waals surface area contributed by atoms with E-state index < -0.39 is 0 Å². The first-order chi connectivity index (χ1) is 10.2. The number of rotatable bonds is 5. The molecule has 0 saturated carbocycles. The van der Waals surface area contributed by atoms with E-state index in [4.69, 9.17) is 18.0 Å². The molecule has 4 nitrogen and oxygen atoms in total. The van der Waals surface area contributed by atoms with Gasteiger partial charge in [-0.1, -0.05) is 30.4 Å². The number of fused-ring (bicyclic) bond motifs is 1. The molecule has 0 atom stereocenters. The van der Waals surface area contributed by atoms with Crippen molar-refractivity contribution in [3.05, 3.63) is 52.5 Å². The molecule has 0 radical (unpaired) electrons. The van der Waals surface area contributed by atoms with Gasteiger partial charge in [-0.05, 0) is 12.1 Å². The number of nitrogens with one attached hydrogen (secondary N) is 1. The predicted octanol–water partition coefficient (Wildman–Crippen LogP) is 2.98. The van der Waals surface area contributed by atoms with Gasteiger partial charge in [0.05, 0.1) is 22.3 Å². The third-order valence-electron chi connectivity index (χ3n) is 3.15. The zero-order valence-corrected chi connectivity index (χ0v) is 12.9. The van der Waals surface area contributed by atoms with Crippen LogP contribution in [0.15, 0.2) is 41.2 Å². The standard InChI is InChI=1S/C15H14N4S2/c16-14(20)12-7-10-3-1-2-4-13(10)19-15(12)17-6-5-11-8-21-9-18-11/h1-4,7-9H,5-6H2,(H2,16,20)(H,17,19). The molecule has 0 bridgehead atoms. The van der Waals surface area contributed by atoms with Crippen LogP contribution >= 0.6 is 23.6 Å². The molecule has 0 saturated heterocycles. The van der Waals surface area contributed by atoms with Crippen LogP contribution in [0.4, 0.5) is 5.82 Å². The van der Waals surface area contributed by atoms with Gasteiger partial charge in [-0.3, -0.25) is 0 Å². The summed E-state index contributed by atoms with van der Waals surface area (Å²) in [6.45, 7) is 0.741. The Hall–Kier alpha value is -2.05. The van der Waals surface area contributed by atoms with Gasteiger partial charge < -0.3 is 11.1 Å². The lowest BCUT2D eigenvalue weighted by molar-refractivity contribution is 0.970. The summed E-state index contributed by atoms with van der Waals surface area (Å²) in [5, 5.41) is 6.39. The van der Waals surface area contributed by atoms with Crippen LogP contribution in [-0.2, 0) is 6.42 Å². The normalized spacial score (nSPS) is 10.7. The Labute approximate surface area is 132 Å². The van der Waals surface area contributed by atoms with Gasteiger partial charge >= 0.3 is 0 Å². The van der Waals surface area contributed by atoms with Crippen molar-refractivity contribution in [1.29, 1.82) is 0 Å². The second-order valence-corrected chi connectivity index (χ2v) is 5.76. The topological polar surface area (TPSA) is 63.8 Å². The average Bonchev–Trinajstić information content (AvgIpc) is 2.99. The molecule has 0 spiro atoms. The minimum absolute atomic E-state index is 0.351. The third kappa shape index (κ3) is 3.17. The smallest absolute Gasteiger partial charge is 0.136 e. The number of thiocarbonyl (C=S) groups is 1. The Morgan fingerprint density at radius 2 is 2.19 bits per heavy atom. The first-order valence-electron chi connectivity index (χ1n) is 6.54. The van der Waals surface area contributed by atoms with Gasteiger partial charge in [0.25, 0.3) is 0 Å². The molecule has 106 valence electrons. The SMILES string of the molecule is NC(=S)c1cc2ccccc2nc1NCCc1cscn1. The Bertz CT molecular complexity index is 768. The van der Waals surface area contributed by atoms with E-state index in [1.807, 2.05) is 41.2 Å². The highest BCUT2D eigenvalue weighted by Crippen LogP contribution is 2.20. The van der Waals surface area contributed by atoms with Gasteiger partial charge in [0.15, 0.2) is 0 Å². The molecule has 0 amide bonds. The maximum atomic E-state index is 5.81. The van der Waals surface area contributed by atoms with Crippen LogP contribution in [0.25, 0.3) is 10.9 Å². The predicted molar refractivity (Wildman–Crippen MR) is 91.9 cm³/mol. The molecule has 21 heavy (non-hydrogen) atoms. The summed E-state index contributed by atoms with van der Waals surface area (Å²) in [5.74, 6) is 0.733. The first-order valence-corrected chi connectivity index (χ1v) is 7.89. The monoisotopic (exact) mass is 314 g/mol. The van der Waals surface area contributed by atoms with Crippen molar-refractivity contribution in [3.8, 4) is 0 Å². The Kier molecular flexibility index (Phi) is 4.08. The van der Waals surface area contributed by atoms with E-state index in [0.717, 1.165) is 40.9 Å². The van der Waals surface area contributed by atoms with Crippen molar-refractivity contribution in [2.24, 2.45) is 5.73 Å². The Morgan fingerprint density at radius 1 is 1.33 bits per heavy atom. The lowest BCUT2D eigenvalue weighted by Crippen LogP contribution is -2.16. The molecule has 0 unspecified atom stereocenters. The van der Waals surface area contributed by atoms with Gasteiger partial charge in [0.1, 0.15) is 10.8 Å². The quantitative estimate of drug-likeness (QED) is 0.709. The molecule has 0 aliphatic carbocycles. The van der Waals surface area contributed by atoms with Gasteiger partial charge in [0.2, 0.25) is 0 Å². The van der Waals surface area contributed by atoms with Crippen molar-refractivity contribution >= 4 is 45.3 Å². The molecular formula is C15H14N4S2. The Morgan fingerprint density at radius 3 is 2.95 bits per heavy atom. The van der Waals surface area contributed by atoms with Crippen LogP contribution in [0.3, 0.4) is 0 Å². The lowest BCUT2D eigenvalue weighted by atomic mass is 10.1. The van der Waals surface area contributed by atoms with Crippen molar-refractivity contribution in [2.45, 2.75) is 6.42 Å². The van der Waals surface area contributed by atoms with Crippen LogP contribution in [0.5, 0.6) is 0 Å². The fourth-order valence-electron chi connectivity index (χ4n) is 2.11. The van der Waals surface area contributed by atoms with E-state index in [1.165, 1.54) is 0 Å². The highest BCUT2D eigenvalue weighted by Gasteiger charge is 2.09. The Balaban J connectivity index is 1.85. The largest absolute Gasteiger partial charge is 0.389 e. The summed E-state index contributed by atoms with van der Waals surface area (Å²) in [5.41, 5.74) is 10.4. The molecule has 2 aromatic heterocycles. The molecule has 0 fully saturated rings. The summed E-state index contributed by atoms with van der Waals surface area (Å²) in [4.78, 5) is 9.23. The van der Waals surface area contributed by atoms with Crippen LogP contribution < -0.4 is 11.1 Å². The zero-order valence-electron chi connectivity index (χ0n) is 11.2. The maximum Gasteiger partial charge on any atom is 0.136 e. The van der Waals surface area contributed by atoms with Crippen LogP contribution in [-0.4, -0.2) is 21.5 Å². The molecule has 0 aliphatic heterocycles. The van der Waals surface area contributed by atoms with E-state index in [2.05, 4.69) is 15.3 Å². The number of hydrogen-bond acceptors (Lipinski definition) is 5. The van der Waals surface area contributed by atoms with Crippen molar-refractivity contribution in [2.75, 3.05) is 11.9 Å². The molecule has 1 aromatic carbocycles. The second-order valence-electron chi connectivity index (χ2n) is 4.60. The summed E-state index contributed by atoms with van der Waals surface area (Å²) in [6.07, 6.45) is 0.842. The fraction of sp³-hybridized carbons (Fsp3) is 0.133. The number of hydrogen-bond donors (Lipinski definition) is 2. The number of aromatic nitrogens is 2. The van der Waals surface area contributed by atoms with Gasteiger partial charge in [-0.15, -0.1) is 11.3 Å². The molecular weight excluding hydrogens is 300 g/mol. The molecule has 6 heteroatoms. The summed E-state index contributed by atoms with van der Waals surface area (Å²) in [6, 6.07) is 9.90. The van der Waals surface area contributed by atoms with E-state index in [0.29, 0.717) is 4.99 Å². The van der Waals surface area contributed by atoms with E-state index in [9.17, 15) is 0 Å². The third-order valence-corrected chi connectivity index (χ3v) is 4.00. The highest BCUT2D eigenvalue weighted by molar-refractivity contribution is 7.80. The minimum Gasteiger partial charge on any atom is -0.389 e. The van der Waals surface area contributed by atoms with Crippen LogP contribution in [0, 0.1) is 0 Å². The van der Waals surface area contributed by atoms with Crippen molar-refractivity contribution < 1.29 is 0 Å². The van der Waals surface area contributed by atoms with Crippen molar-refractivity contribution in [3.63, 3.8) is 0 Å². The van der Waals surface area contributed by atoms with Crippen molar-refractivity contribution in [1.82, 2.24) is 9.97 Å². The number of pyridine rings is 1.